The van der Waals surface area contributed by atoms with Gasteiger partial charge in [-0.15, -0.1) is 0 Å². The minimum atomic E-state index is -4.59. The molecule has 2 aromatic rings. The second-order valence-electron chi connectivity index (χ2n) is 4.12. The Morgan fingerprint density at radius 1 is 1.19 bits per heavy atom. The van der Waals surface area contributed by atoms with Crippen molar-refractivity contribution in [3.8, 4) is 0 Å². The summed E-state index contributed by atoms with van der Waals surface area (Å²) in [6.07, 6.45) is -3.82. The van der Waals surface area contributed by atoms with E-state index in [1.54, 1.807) is 0 Å². The van der Waals surface area contributed by atoms with Crippen molar-refractivity contribution >= 4 is 17.3 Å². The fourth-order valence-corrected chi connectivity index (χ4v) is 1.53. The Hall–Kier alpha value is -2.64. The van der Waals surface area contributed by atoms with E-state index in [1.165, 1.54) is 12.1 Å². The van der Waals surface area contributed by atoms with Crippen molar-refractivity contribution < 1.29 is 22.4 Å². The molecule has 2 rings (SSSR count). The van der Waals surface area contributed by atoms with Gasteiger partial charge in [-0.25, -0.2) is 4.39 Å². The van der Waals surface area contributed by atoms with Gasteiger partial charge >= 0.3 is 6.18 Å². The molecule has 4 nitrogen and oxygen atoms in total. The minimum Gasteiger partial charge on any atom is -0.399 e. The van der Waals surface area contributed by atoms with Crippen LogP contribution in [0.1, 0.15) is 16.1 Å². The first-order chi connectivity index (χ1) is 9.77. The molecule has 1 amide bonds. The summed E-state index contributed by atoms with van der Waals surface area (Å²) in [5.41, 5.74) is 4.27. The number of rotatable bonds is 2. The topological polar surface area (TPSA) is 68.0 Å². The maximum absolute atomic E-state index is 13.4. The molecule has 0 saturated heterocycles. The highest BCUT2D eigenvalue weighted by Crippen LogP contribution is 2.27. The molecule has 0 atom stereocenters. The summed E-state index contributed by atoms with van der Waals surface area (Å²) in [5, 5.41) is 2.21. The zero-order valence-corrected chi connectivity index (χ0v) is 10.4. The van der Waals surface area contributed by atoms with Gasteiger partial charge in [-0.2, -0.15) is 13.2 Å². The van der Waals surface area contributed by atoms with Crippen LogP contribution in [0.2, 0.25) is 0 Å². The number of aromatic nitrogens is 1. The lowest BCUT2D eigenvalue weighted by Crippen LogP contribution is -2.15. The number of benzene rings is 1. The lowest BCUT2D eigenvalue weighted by molar-refractivity contribution is -0.141. The summed E-state index contributed by atoms with van der Waals surface area (Å²) < 4.78 is 50.4. The normalized spacial score (nSPS) is 11.2. The zero-order chi connectivity index (χ0) is 15.6. The van der Waals surface area contributed by atoms with Crippen LogP contribution in [-0.2, 0) is 6.18 Å². The molecule has 0 fully saturated rings. The molecular weight excluding hydrogens is 290 g/mol. The maximum Gasteiger partial charge on any atom is 0.433 e. The summed E-state index contributed by atoms with van der Waals surface area (Å²) in [7, 11) is 0. The number of halogens is 4. The number of pyridine rings is 1. The van der Waals surface area contributed by atoms with E-state index in [2.05, 4.69) is 10.3 Å². The van der Waals surface area contributed by atoms with Gasteiger partial charge in [0.05, 0.1) is 11.3 Å². The average Bonchev–Trinajstić information content (AvgIpc) is 2.42. The molecule has 8 heteroatoms. The van der Waals surface area contributed by atoms with E-state index in [0.717, 1.165) is 18.3 Å². The first kappa shape index (κ1) is 14.8. The zero-order valence-electron chi connectivity index (χ0n) is 10.4. The number of nitrogens with zero attached hydrogens (tertiary/aromatic N) is 1. The molecule has 0 unspecified atom stereocenters. The summed E-state index contributed by atoms with van der Waals surface area (Å²) in [4.78, 5) is 14.9. The third kappa shape index (κ3) is 3.47. The monoisotopic (exact) mass is 299 g/mol. The predicted octanol–water partition coefficient (Wildman–Crippen LogP) is 3.07. The van der Waals surface area contributed by atoms with Crippen LogP contribution in [0.5, 0.6) is 0 Å². The second kappa shape index (κ2) is 5.39. The Balaban J connectivity index is 2.19. The molecule has 1 heterocycles. The molecule has 0 aliphatic carbocycles. The first-order valence-corrected chi connectivity index (χ1v) is 5.67. The van der Waals surface area contributed by atoms with Gasteiger partial charge in [0.25, 0.3) is 5.91 Å². The van der Waals surface area contributed by atoms with Crippen molar-refractivity contribution in [3.63, 3.8) is 0 Å². The fourth-order valence-electron chi connectivity index (χ4n) is 1.53. The van der Waals surface area contributed by atoms with E-state index >= 15 is 0 Å². The summed E-state index contributed by atoms with van der Waals surface area (Å²) in [5.74, 6) is -1.50. The van der Waals surface area contributed by atoms with E-state index in [1.807, 2.05) is 0 Å². The quantitative estimate of drug-likeness (QED) is 0.661. The second-order valence-corrected chi connectivity index (χ2v) is 4.12. The maximum atomic E-state index is 13.4. The van der Waals surface area contributed by atoms with E-state index in [0.29, 0.717) is 6.07 Å². The van der Waals surface area contributed by atoms with Gasteiger partial charge < -0.3 is 11.1 Å². The Morgan fingerprint density at radius 2 is 1.90 bits per heavy atom. The van der Waals surface area contributed by atoms with Crippen LogP contribution in [0.3, 0.4) is 0 Å². The number of anilines is 2. The molecular formula is C13H9F4N3O. The van der Waals surface area contributed by atoms with Gasteiger partial charge in [0.2, 0.25) is 0 Å². The van der Waals surface area contributed by atoms with Crippen molar-refractivity contribution in [3.05, 3.63) is 53.6 Å². The SMILES string of the molecule is Nc1ccc(F)c(NC(=O)c2ccc(C(F)(F)F)nc2)c1. The van der Waals surface area contributed by atoms with Crippen LogP contribution in [0.4, 0.5) is 28.9 Å². The smallest absolute Gasteiger partial charge is 0.399 e. The summed E-state index contributed by atoms with van der Waals surface area (Å²) in [6, 6.07) is 5.20. The van der Waals surface area contributed by atoms with Crippen molar-refractivity contribution in [2.75, 3.05) is 11.1 Å². The van der Waals surface area contributed by atoms with Crippen molar-refractivity contribution in [1.29, 1.82) is 0 Å². The van der Waals surface area contributed by atoms with Crippen molar-refractivity contribution in [1.82, 2.24) is 4.98 Å². The lowest BCUT2D eigenvalue weighted by atomic mass is 10.2. The van der Waals surface area contributed by atoms with Gasteiger partial charge in [-0.1, -0.05) is 0 Å². The highest BCUT2D eigenvalue weighted by Gasteiger charge is 2.32. The highest BCUT2D eigenvalue weighted by atomic mass is 19.4. The van der Waals surface area contributed by atoms with E-state index in [9.17, 15) is 22.4 Å². The molecule has 0 saturated carbocycles. The molecule has 1 aromatic heterocycles. The van der Waals surface area contributed by atoms with Crippen molar-refractivity contribution in [2.45, 2.75) is 6.18 Å². The summed E-state index contributed by atoms with van der Waals surface area (Å²) >= 11 is 0. The lowest BCUT2D eigenvalue weighted by Gasteiger charge is -2.08. The number of hydrogen-bond donors (Lipinski definition) is 2. The number of nitrogen functional groups attached to an aromatic ring is 1. The van der Waals surface area contributed by atoms with E-state index in [4.69, 9.17) is 5.73 Å². The van der Waals surface area contributed by atoms with E-state index < -0.39 is 23.6 Å². The number of nitrogens with two attached hydrogens (primary N) is 1. The Labute approximate surface area is 116 Å². The fraction of sp³-hybridized carbons (Fsp3) is 0.0769. The number of carbonyl (C=O) groups excluding carboxylic acids is 1. The number of amides is 1. The van der Waals surface area contributed by atoms with Gasteiger partial charge in [-0.05, 0) is 30.3 Å². The van der Waals surface area contributed by atoms with Gasteiger partial charge in [-0.3, -0.25) is 9.78 Å². The minimum absolute atomic E-state index is 0.134. The molecule has 110 valence electrons. The van der Waals surface area contributed by atoms with Gasteiger partial charge in [0.1, 0.15) is 11.5 Å². The molecule has 3 N–H and O–H groups in total. The highest BCUT2D eigenvalue weighted by molar-refractivity contribution is 6.04. The van der Waals surface area contributed by atoms with Crippen LogP contribution >= 0.6 is 0 Å². The van der Waals surface area contributed by atoms with Crippen LogP contribution in [0.15, 0.2) is 36.5 Å². The number of alkyl halides is 3. The molecule has 0 radical (unpaired) electrons. The standard InChI is InChI=1S/C13H9F4N3O/c14-9-3-2-8(18)5-10(9)20-12(21)7-1-4-11(19-6-7)13(15,16)17/h1-6H,18H2,(H,20,21). The van der Waals surface area contributed by atoms with E-state index in [-0.39, 0.29) is 16.9 Å². The number of hydrogen-bond acceptors (Lipinski definition) is 3. The molecule has 0 spiro atoms. The Kier molecular flexibility index (Phi) is 3.79. The van der Waals surface area contributed by atoms with Crippen LogP contribution in [0.25, 0.3) is 0 Å². The van der Waals surface area contributed by atoms with Crippen LogP contribution in [-0.4, -0.2) is 10.9 Å². The van der Waals surface area contributed by atoms with Crippen LogP contribution < -0.4 is 11.1 Å². The first-order valence-electron chi connectivity index (χ1n) is 5.67. The van der Waals surface area contributed by atoms with Crippen LogP contribution in [0, 0.1) is 5.82 Å². The molecule has 0 aliphatic heterocycles. The molecule has 1 aromatic carbocycles. The average molecular weight is 299 g/mol. The molecule has 0 aliphatic rings. The van der Waals surface area contributed by atoms with Crippen molar-refractivity contribution in [2.24, 2.45) is 0 Å². The summed E-state index contributed by atoms with van der Waals surface area (Å²) in [6.45, 7) is 0. The van der Waals surface area contributed by atoms with Gasteiger partial charge in [0.15, 0.2) is 0 Å². The van der Waals surface area contributed by atoms with Gasteiger partial charge in [0, 0.05) is 11.9 Å². The largest absolute Gasteiger partial charge is 0.433 e. The third-order valence-electron chi connectivity index (χ3n) is 2.55. The third-order valence-corrected chi connectivity index (χ3v) is 2.55. The Morgan fingerprint density at radius 3 is 2.48 bits per heavy atom. The number of carbonyl (C=O) groups is 1. The molecule has 21 heavy (non-hydrogen) atoms. The predicted molar refractivity (Wildman–Crippen MR) is 68.0 cm³/mol. The Bertz CT molecular complexity index is 668. The number of nitrogens with one attached hydrogen (secondary N) is 1. The molecule has 0 bridgehead atoms.